The molecular weight excluding hydrogens is 368 g/mol. The van der Waals surface area contributed by atoms with E-state index in [1.54, 1.807) is 36.4 Å². The van der Waals surface area contributed by atoms with Crippen molar-refractivity contribution in [1.29, 1.82) is 0 Å². The lowest BCUT2D eigenvalue weighted by molar-refractivity contribution is -0.136. The van der Waals surface area contributed by atoms with Crippen molar-refractivity contribution in [3.63, 3.8) is 0 Å². The number of carboxylic acid groups (broad SMARTS) is 2. The number of ether oxygens (including phenoxy) is 4. The second-order valence-electron chi connectivity index (χ2n) is 5.95. The number of hydrogen-bond acceptors (Lipinski definition) is 6. The normalized spacial score (nSPS) is 14.9. The van der Waals surface area contributed by atoms with E-state index < -0.39 is 11.9 Å². The Morgan fingerprint density at radius 3 is 1.46 bits per heavy atom. The summed E-state index contributed by atoms with van der Waals surface area (Å²) in [6, 6.07) is 9.69. The van der Waals surface area contributed by atoms with Gasteiger partial charge in [0.05, 0.1) is 11.1 Å². The highest BCUT2D eigenvalue weighted by molar-refractivity contribution is 6.11. The molecule has 0 atom stereocenters. The van der Waals surface area contributed by atoms with Gasteiger partial charge in [-0.1, -0.05) is 12.1 Å². The molecule has 0 aliphatic carbocycles. The first-order valence-corrected chi connectivity index (χ1v) is 8.21. The molecule has 0 fully saturated rings. The lowest BCUT2D eigenvalue weighted by Gasteiger charge is -2.06. The minimum Gasteiger partial charge on any atom is -0.478 e. The monoisotopic (exact) mass is 382 g/mol. The third-order valence-corrected chi connectivity index (χ3v) is 4.17. The summed E-state index contributed by atoms with van der Waals surface area (Å²) in [6.45, 7) is 0.164. The molecule has 2 aromatic carbocycles. The molecule has 2 N–H and O–H groups in total. The summed E-state index contributed by atoms with van der Waals surface area (Å²) in [4.78, 5) is 23.6. The first-order chi connectivity index (χ1) is 13.5. The topological polar surface area (TPSA) is 112 Å². The van der Waals surface area contributed by atoms with Crippen molar-refractivity contribution in [1.82, 2.24) is 0 Å². The largest absolute Gasteiger partial charge is 0.478 e. The van der Waals surface area contributed by atoms with Crippen LogP contribution in [0.2, 0.25) is 0 Å². The van der Waals surface area contributed by atoms with Gasteiger partial charge in [-0.3, -0.25) is 0 Å². The third-order valence-electron chi connectivity index (χ3n) is 4.17. The predicted octanol–water partition coefficient (Wildman–Crippen LogP) is 2.78. The summed E-state index contributed by atoms with van der Waals surface area (Å²) in [5, 5.41) is 19.2. The van der Waals surface area contributed by atoms with E-state index in [4.69, 9.17) is 18.9 Å². The van der Waals surface area contributed by atoms with Crippen molar-refractivity contribution in [3.05, 3.63) is 58.7 Å². The maximum absolute atomic E-state index is 11.8. The van der Waals surface area contributed by atoms with E-state index in [-0.39, 0.29) is 24.7 Å². The lowest BCUT2D eigenvalue weighted by atomic mass is 10.00. The molecular formula is C20H14O8. The molecule has 0 saturated heterocycles. The quantitative estimate of drug-likeness (QED) is 0.600. The van der Waals surface area contributed by atoms with Gasteiger partial charge in [-0.2, -0.15) is 0 Å². The fourth-order valence-corrected chi connectivity index (χ4v) is 2.85. The van der Waals surface area contributed by atoms with Gasteiger partial charge in [0.25, 0.3) is 0 Å². The molecule has 28 heavy (non-hydrogen) atoms. The minimum absolute atomic E-state index is 0.0820. The second-order valence-corrected chi connectivity index (χ2v) is 5.95. The Balaban J connectivity index is 1.75. The summed E-state index contributed by atoms with van der Waals surface area (Å²) in [7, 11) is 0. The number of hydrogen-bond donors (Lipinski definition) is 2. The zero-order chi connectivity index (χ0) is 19.7. The Bertz CT molecular complexity index is 951. The molecule has 0 amide bonds. The van der Waals surface area contributed by atoms with E-state index in [1.165, 1.54) is 12.2 Å². The molecule has 2 aliphatic rings. The van der Waals surface area contributed by atoms with Gasteiger partial charge in [0.15, 0.2) is 23.0 Å². The van der Waals surface area contributed by atoms with E-state index in [0.29, 0.717) is 34.1 Å². The smallest absolute Gasteiger partial charge is 0.336 e. The van der Waals surface area contributed by atoms with Crippen LogP contribution in [0.5, 0.6) is 23.0 Å². The highest BCUT2D eigenvalue weighted by Crippen LogP contribution is 2.35. The zero-order valence-electron chi connectivity index (χ0n) is 14.4. The Hall–Kier alpha value is -3.94. The van der Waals surface area contributed by atoms with Crippen LogP contribution >= 0.6 is 0 Å². The van der Waals surface area contributed by atoms with Gasteiger partial charge in [-0.05, 0) is 47.5 Å². The Kier molecular flexibility index (Phi) is 4.36. The van der Waals surface area contributed by atoms with Gasteiger partial charge in [0.1, 0.15) is 0 Å². The molecule has 0 aromatic heterocycles. The van der Waals surface area contributed by atoms with Crippen LogP contribution in [0.4, 0.5) is 0 Å². The van der Waals surface area contributed by atoms with Gasteiger partial charge in [-0.15, -0.1) is 0 Å². The molecule has 2 aromatic rings. The summed E-state index contributed by atoms with van der Waals surface area (Å²) in [5.41, 5.74) is 0.201. The minimum atomic E-state index is -1.37. The first-order valence-electron chi connectivity index (χ1n) is 8.21. The van der Waals surface area contributed by atoms with Crippen LogP contribution in [0.3, 0.4) is 0 Å². The van der Waals surface area contributed by atoms with Gasteiger partial charge in [0, 0.05) is 0 Å². The van der Waals surface area contributed by atoms with E-state index in [2.05, 4.69) is 0 Å². The predicted molar refractivity (Wildman–Crippen MR) is 96.4 cm³/mol. The number of carbonyl (C=O) groups is 2. The van der Waals surface area contributed by atoms with Gasteiger partial charge < -0.3 is 29.2 Å². The fourth-order valence-electron chi connectivity index (χ4n) is 2.85. The van der Waals surface area contributed by atoms with E-state index >= 15 is 0 Å². The molecule has 2 heterocycles. The van der Waals surface area contributed by atoms with Gasteiger partial charge >= 0.3 is 11.9 Å². The van der Waals surface area contributed by atoms with Crippen LogP contribution in [0.25, 0.3) is 12.2 Å². The van der Waals surface area contributed by atoms with Crippen LogP contribution < -0.4 is 18.9 Å². The average molecular weight is 382 g/mol. The van der Waals surface area contributed by atoms with E-state index in [1.807, 2.05) is 0 Å². The second kappa shape index (κ2) is 6.99. The molecule has 8 heteroatoms. The maximum Gasteiger partial charge on any atom is 0.336 e. The van der Waals surface area contributed by atoms with Crippen molar-refractivity contribution in [2.75, 3.05) is 13.6 Å². The van der Waals surface area contributed by atoms with Gasteiger partial charge in [-0.25, -0.2) is 9.59 Å². The molecule has 4 rings (SSSR count). The number of benzene rings is 2. The molecule has 142 valence electrons. The first kappa shape index (κ1) is 17.5. The fraction of sp³-hybridized carbons (Fsp3) is 0.100. The van der Waals surface area contributed by atoms with Crippen molar-refractivity contribution >= 4 is 24.1 Å². The van der Waals surface area contributed by atoms with Crippen LogP contribution in [-0.2, 0) is 9.59 Å². The highest BCUT2D eigenvalue weighted by Gasteiger charge is 2.22. The summed E-state index contributed by atoms with van der Waals surface area (Å²) in [5.74, 6) is -0.712. The lowest BCUT2D eigenvalue weighted by Crippen LogP contribution is -2.11. The standard InChI is InChI=1S/C20H14O8/c21-19(22)13(5-11-1-3-15-17(7-11)27-9-25-15)14(20(23)24)6-12-2-4-16-18(8-12)28-10-26-16/h1-8H,9-10H2,(H,21,22)(H,23,24)/b13-5-,14-6-. The van der Waals surface area contributed by atoms with Gasteiger partial charge in [0.2, 0.25) is 13.6 Å². The Morgan fingerprint density at radius 2 is 1.07 bits per heavy atom. The number of carboxylic acids is 2. The Morgan fingerprint density at radius 1 is 0.679 bits per heavy atom. The Labute approximate surface area is 158 Å². The third kappa shape index (κ3) is 3.35. The average Bonchev–Trinajstić information content (AvgIpc) is 3.32. The van der Waals surface area contributed by atoms with Crippen molar-refractivity contribution < 1.29 is 38.7 Å². The number of aliphatic carboxylic acids is 2. The number of fused-ring (bicyclic) bond motifs is 2. The van der Waals surface area contributed by atoms with Crippen molar-refractivity contribution in [2.24, 2.45) is 0 Å². The molecule has 2 aliphatic heterocycles. The highest BCUT2D eigenvalue weighted by atomic mass is 16.7. The van der Waals surface area contributed by atoms with E-state index in [0.717, 1.165) is 0 Å². The van der Waals surface area contributed by atoms with Crippen LogP contribution in [-0.4, -0.2) is 35.7 Å². The molecule has 0 unspecified atom stereocenters. The van der Waals surface area contributed by atoms with Crippen LogP contribution in [0.1, 0.15) is 11.1 Å². The summed E-state index contributed by atoms with van der Waals surface area (Å²) < 4.78 is 21.0. The molecule has 8 nitrogen and oxygen atoms in total. The van der Waals surface area contributed by atoms with Crippen molar-refractivity contribution in [3.8, 4) is 23.0 Å². The molecule has 0 saturated carbocycles. The maximum atomic E-state index is 11.8. The van der Waals surface area contributed by atoms with E-state index in [9.17, 15) is 19.8 Å². The SMILES string of the molecule is O=C(O)C(=C\c1ccc2c(c1)OCO2)/C(=C/c1ccc2c(c1)OCO2)C(=O)O. The number of rotatable bonds is 5. The molecule has 0 bridgehead atoms. The molecule has 0 spiro atoms. The van der Waals surface area contributed by atoms with Crippen molar-refractivity contribution in [2.45, 2.75) is 0 Å². The molecule has 0 radical (unpaired) electrons. The zero-order valence-corrected chi connectivity index (χ0v) is 14.4. The summed E-state index contributed by atoms with van der Waals surface area (Å²) in [6.07, 6.45) is 2.55. The van der Waals surface area contributed by atoms with Crippen LogP contribution in [0, 0.1) is 0 Å². The van der Waals surface area contributed by atoms with Crippen LogP contribution in [0.15, 0.2) is 47.5 Å². The summed E-state index contributed by atoms with van der Waals surface area (Å²) >= 11 is 0.